The van der Waals surface area contributed by atoms with Crippen LogP contribution in [0.1, 0.15) is 23.2 Å². The average molecular weight is 458 g/mol. The lowest BCUT2D eigenvalue weighted by molar-refractivity contribution is -0.384. The van der Waals surface area contributed by atoms with E-state index in [0.717, 1.165) is 25.9 Å². The molecule has 9 heteroatoms. The van der Waals surface area contributed by atoms with Gasteiger partial charge in [-0.05, 0) is 55.3 Å². The molecule has 1 amide bonds. The van der Waals surface area contributed by atoms with Crippen molar-refractivity contribution in [3.8, 4) is 17.2 Å². The van der Waals surface area contributed by atoms with E-state index in [0.29, 0.717) is 39.7 Å². The van der Waals surface area contributed by atoms with Gasteiger partial charge in [-0.3, -0.25) is 14.9 Å². The van der Waals surface area contributed by atoms with E-state index in [4.69, 9.17) is 9.15 Å². The molecule has 1 N–H and O–H groups in total. The number of nitro benzene ring substituents is 1. The van der Waals surface area contributed by atoms with Crippen LogP contribution in [0.4, 0.5) is 17.1 Å². The van der Waals surface area contributed by atoms with Crippen molar-refractivity contribution in [1.29, 1.82) is 0 Å². The Hall–Kier alpha value is -4.40. The largest absolute Gasteiger partial charge is 0.497 e. The van der Waals surface area contributed by atoms with E-state index >= 15 is 0 Å². The first-order valence-corrected chi connectivity index (χ1v) is 10.9. The third-order valence-corrected chi connectivity index (χ3v) is 5.84. The lowest BCUT2D eigenvalue weighted by Gasteiger charge is -2.17. The van der Waals surface area contributed by atoms with Crippen LogP contribution >= 0.6 is 0 Å². The molecule has 0 radical (unpaired) electrons. The molecule has 0 bridgehead atoms. The highest BCUT2D eigenvalue weighted by atomic mass is 16.6. The minimum absolute atomic E-state index is 0.0646. The zero-order chi connectivity index (χ0) is 23.7. The third-order valence-electron chi connectivity index (χ3n) is 5.84. The fourth-order valence-corrected chi connectivity index (χ4v) is 4.13. The smallest absolute Gasteiger partial charge is 0.293 e. The second kappa shape index (κ2) is 8.86. The molecule has 0 atom stereocenters. The van der Waals surface area contributed by atoms with Gasteiger partial charge in [0.2, 0.25) is 5.89 Å². The average Bonchev–Trinajstić information content (AvgIpc) is 3.53. The topological polar surface area (TPSA) is 111 Å². The lowest BCUT2D eigenvalue weighted by Crippen LogP contribution is -2.19. The molecule has 2 heterocycles. The summed E-state index contributed by atoms with van der Waals surface area (Å²) in [4.78, 5) is 30.6. The van der Waals surface area contributed by atoms with Crippen LogP contribution in [0.25, 0.3) is 22.6 Å². The SMILES string of the molecule is COc1ccc2oc(-c3cccc(NC(=O)c4ccc(N5CCCC5)c([N+](=O)[O-])c4)c3)nc2c1. The number of hydrogen-bond donors (Lipinski definition) is 1. The Kier molecular flexibility index (Phi) is 5.59. The van der Waals surface area contributed by atoms with Gasteiger partial charge < -0.3 is 19.4 Å². The molecule has 1 fully saturated rings. The Balaban J connectivity index is 1.39. The van der Waals surface area contributed by atoms with Crippen LogP contribution in [0.2, 0.25) is 0 Å². The molecule has 1 aliphatic rings. The molecule has 0 aliphatic carbocycles. The van der Waals surface area contributed by atoms with E-state index in [1.54, 1.807) is 55.6 Å². The normalized spacial score (nSPS) is 13.3. The number of amides is 1. The molecule has 1 aliphatic heterocycles. The molecular weight excluding hydrogens is 436 g/mol. The summed E-state index contributed by atoms with van der Waals surface area (Å²) < 4.78 is 11.1. The lowest BCUT2D eigenvalue weighted by atomic mass is 10.1. The maximum absolute atomic E-state index is 12.9. The van der Waals surface area contributed by atoms with Crippen molar-refractivity contribution >= 4 is 34.1 Å². The number of carbonyl (C=O) groups excluding carboxylic acids is 1. The number of nitrogens with zero attached hydrogens (tertiary/aromatic N) is 3. The summed E-state index contributed by atoms with van der Waals surface area (Å²) >= 11 is 0. The first-order valence-electron chi connectivity index (χ1n) is 10.9. The molecule has 3 aromatic carbocycles. The van der Waals surface area contributed by atoms with Gasteiger partial charge in [0.25, 0.3) is 11.6 Å². The number of nitrogens with one attached hydrogen (secondary N) is 1. The number of rotatable bonds is 6. The predicted molar refractivity (Wildman–Crippen MR) is 128 cm³/mol. The van der Waals surface area contributed by atoms with Crippen molar-refractivity contribution in [2.45, 2.75) is 12.8 Å². The summed E-state index contributed by atoms with van der Waals surface area (Å²) in [7, 11) is 1.59. The summed E-state index contributed by atoms with van der Waals surface area (Å²) in [6.45, 7) is 1.56. The fraction of sp³-hybridized carbons (Fsp3) is 0.200. The van der Waals surface area contributed by atoms with E-state index in [1.165, 1.54) is 6.07 Å². The molecule has 1 aromatic heterocycles. The molecule has 34 heavy (non-hydrogen) atoms. The van der Waals surface area contributed by atoms with Crippen molar-refractivity contribution in [3.05, 3.63) is 76.3 Å². The molecule has 5 rings (SSSR count). The van der Waals surface area contributed by atoms with Crippen molar-refractivity contribution in [3.63, 3.8) is 0 Å². The Bertz CT molecular complexity index is 1390. The number of methoxy groups -OCH3 is 1. The number of benzene rings is 3. The molecule has 1 saturated heterocycles. The minimum Gasteiger partial charge on any atom is -0.497 e. The molecule has 0 saturated carbocycles. The number of aromatic nitrogens is 1. The van der Waals surface area contributed by atoms with Crippen LogP contribution < -0.4 is 15.0 Å². The Morgan fingerprint density at radius 3 is 2.71 bits per heavy atom. The Labute approximate surface area is 195 Å². The summed E-state index contributed by atoms with van der Waals surface area (Å²) in [6.07, 6.45) is 2.01. The Morgan fingerprint density at radius 1 is 1.12 bits per heavy atom. The van der Waals surface area contributed by atoms with Crippen LogP contribution in [-0.2, 0) is 0 Å². The van der Waals surface area contributed by atoms with Crippen molar-refractivity contribution in [2.24, 2.45) is 0 Å². The number of nitro groups is 1. The van der Waals surface area contributed by atoms with Crippen LogP contribution in [-0.4, -0.2) is 36.0 Å². The van der Waals surface area contributed by atoms with Gasteiger partial charge in [-0.25, -0.2) is 4.98 Å². The highest BCUT2D eigenvalue weighted by Crippen LogP contribution is 2.32. The number of ether oxygens (including phenoxy) is 1. The van der Waals surface area contributed by atoms with Crippen molar-refractivity contribution < 1.29 is 18.9 Å². The Morgan fingerprint density at radius 2 is 1.94 bits per heavy atom. The van der Waals surface area contributed by atoms with Gasteiger partial charge >= 0.3 is 0 Å². The summed E-state index contributed by atoms with van der Waals surface area (Å²) in [5, 5.41) is 14.5. The maximum Gasteiger partial charge on any atom is 0.293 e. The van der Waals surface area contributed by atoms with E-state index < -0.39 is 10.8 Å². The molecule has 172 valence electrons. The first-order chi connectivity index (χ1) is 16.5. The van der Waals surface area contributed by atoms with Gasteiger partial charge in [0, 0.05) is 42.0 Å². The van der Waals surface area contributed by atoms with Crippen LogP contribution in [0.15, 0.2) is 65.1 Å². The maximum atomic E-state index is 12.9. The van der Waals surface area contributed by atoms with Gasteiger partial charge in [0.05, 0.1) is 12.0 Å². The van der Waals surface area contributed by atoms with E-state index in [9.17, 15) is 14.9 Å². The highest BCUT2D eigenvalue weighted by Gasteiger charge is 2.24. The van der Waals surface area contributed by atoms with Gasteiger partial charge in [-0.1, -0.05) is 6.07 Å². The highest BCUT2D eigenvalue weighted by molar-refractivity contribution is 6.05. The molecule has 4 aromatic rings. The van der Waals surface area contributed by atoms with E-state index in [1.807, 2.05) is 11.0 Å². The third kappa shape index (κ3) is 4.15. The standard InChI is InChI=1S/C25H22N4O5/c1-33-19-8-10-23-20(15-19)27-25(34-23)17-5-4-6-18(13-17)26-24(30)16-7-9-21(22(14-16)29(31)32)28-11-2-3-12-28/h4-10,13-15H,2-3,11-12H2,1H3,(H,26,30). The monoisotopic (exact) mass is 458 g/mol. The summed E-state index contributed by atoms with van der Waals surface area (Å²) in [5.74, 6) is 0.652. The van der Waals surface area contributed by atoms with Crippen LogP contribution in [0.3, 0.4) is 0 Å². The number of carbonyl (C=O) groups is 1. The summed E-state index contributed by atoms with van der Waals surface area (Å²) in [6, 6.07) is 17.1. The van der Waals surface area contributed by atoms with Gasteiger partial charge in [-0.2, -0.15) is 0 Å². The van der Waals surface area contributed by atoms with E-state index in [-0.39, 0.29) is 11.3 Å². The quantitative estimate of drug-likeness (QED) is 0.310. The number of anilines is 2. The van der Waals surface area contributed by atoms with Gasteiger partial charge in [0.15, 0.2) is 5.58 Å². The number of hydrogen-bond acceptors (Lipinski definition) is 7. The zero-order valence-corrected chi connectivity index (χ0v) is 18.5. The molecule has 0 unspecified atom stereocenters. The number of fused-ring (bicyclic) bond motifs is 1. The molecule has 9 nitrogen and oxygen atoms in total. The van der Waals surface area contributed by atoms with E-state index in [2.05, 4.69) is 10.3 Å². The predicted octanol–water partition coefficient (Wildman–Crippen LogP) is 5.26. The van der Waals surface area contributed by atoms with Crippen molar-refractivity contribution in [1.82, 2.24) is 4.98 Å². The fourth-order valence-electron chi connectivity index (χ4n) is 4.13. The van der Waals surface area contributed by atoms with Crippen molar-refractivity contribution in [2.75, 3.05) is 30.4 Å². The second-order valence-corrected chi connectivity index (χ2v) is 8.04. The summed E-state index contributed by atoms with van der Waals surface area (Å²) in [5.41, 5.74) is 3.19. The minimum atomic E-state index is -0.437. The zero-order valence-electron chi connectivity index (χ0n) is 18.5. The number of oxazole rings is 1. The molecule has 0 spiro atoms. The van der Waals surface area contributed by atoms with Crippen LogP contribution in [0, 0.1) is 10.1 Å². The first kappa shape index (κ1) is 21.4. The van der Waals surface area contributed by atoms with Crippen LogP contribution in [0.5, 0.6) is 5.75 Å². The van der Waals surface area contributed by atoms with Gasteiger partial charge in [-0.15, -0.1) is 0 Å². The molecular formula is C25H22N4O5. The van der Waals surface area contributed by atoms with Gasteiger partial charge in [0.1, 0.15) is 17.0 Å². The second-order valence-electron chi connectivity index (χ2n) is 8.04.